The van der Waals surface area contributed by atoms with E-state index in [1.54, 1.807) is 6.92 Å². The second-order valence-electron chi connectivity index (χ2n) is 4.93. The molecule has 0 bridgehead atoms. The highest BCUT2D eigenvalue weighted by Gasteiger charge is 2.22. The molecule has 1 saturated carbocycles. The maximum Gasteiger partial charge on any atom is 0.134 e. The Morgan fingerprint density at radius 2 is 2.29 bits per heavy atom. The van der Waals surface area contributed by atoms with Crippen LogP contribution in [-0.4, -0.2) is 23.2 Å². The Kier molecular flexibility index (Phi) is 4.00. The normalized spacial score (nSPS) is 17.6. The van der Waals surface area contributed by atoms with Gasteiger partial charge in [0.25, 0.3) is 0 Å². The van der Waals surface area contributed by atoms with E-state index in [2.05, 4.69) is 16.8 Å². The minimum atomic E-state index is -0.450. The van der Waals surface area contributed by atoms with Crippen LogP contribution in [0.4, 0.5) is 5.82 Å². The van der Waals surface area contributed by atoms with Gasteiger partial charge in [0.05, 0.1) is 6.10 Å². The van der Waals surface area contributed by atoms with Crippen LogP contribution in [0.2, 0.25) is 0 Å². The molecule has 1 aliphatic rings. The minimum absolute atomic E-state index is 0.450. The average molecular weight is 234 g/mol. The van der Waals surface area contributed by atoms with Gasteiger partial charge in [-0.2, -0.15) is 0 Å². The van der Waals surface area contributed by atoms with Crippen molar-refractivity contribution in [1.29, 1.82) is 0 Å². The number of rotatable bonds is 5. The highest BCUT2D eigenvalue weighted by molar-refractivity contribution is 5.47. The summed E-state index contributed by atoms with van der Waals surface area (Å²) in [5, 5.41) is 9.79. The SMILES string of the molecule is CCN(CC1CCC1)c1ncccc1[C@@H](C)O. The van der Waals surface area contributed by atoms with Gasteiger partial charge >= 0.3 is 0 Å². The van der Waals surface area contributed by atoms with Crippen LogP contribution in [-0.2, 0) is 0 Å². The number of aliphatic hydroxyl groups excluding tert-OH is 1. The number of hydrogen-bond acceptors (Lipinski definition) is 3. The second kappa shape index (κ2) is 5.50. The highest BCUT2D eigenvalue weighted by atomic mass is 16.3. The first-order valence-electron chi connectivity index (χ1n) is 6.60. The van der Waals surface area contributed by atoms with Gasteiger partial charge in [-0.1, -0.05) is 12.5 Å². The number of anilines is 1. The first-order chi connectivity index (χ1) is 8.22. The van der Waals surface area contributed by atoms with Crippen molar-refractivity contribution in [2.24, 2.45) is 5.92 Å². The highest BCUT2D eigenvalue weighted by Crippen LogP contribution is 2.30. The molecule has 1 heterocycles. The van der Waals surface area contributed by atoms with Crippen molar-refractivity contribution >= 4 is 5.82 Å². The molecule has 94 valence electrons. The van der Waals surface area contributed by atoms with Crippen molar-refractivity contribution in [3.8, 4) is 0 Å². The minimum Gasteiger partial charge on any atom is -0.389 e. The van der Waals surface area contributed by atoms with E-state index in [-0.39, 0.29) is 0 Å². The molecule has 17 heavy (non-hydrogen) atoms. The third-order valence-corrected chi connectivity index (χ3v) is 3.65. The Morgan fingerprint density at radius 1 is 1.53 bits per heavy atom. The summed E-state index contributed by atoms with van der Waals surface area (Å²) in [5.41, 5.74) is 0.939. The summed E-state index contributed by atoms with van der Waals surface area (Å²) in [5.74, 6) is 1.77. The second-order valence-corrected chi connectivity index (χ2v) is 4.93. The van der Waals surface area contributed by atoms with Crippen LogP contribution < -0.4 is 4.90 Å². The molecule has 1 aromatic rings. The summed E-state index contributed by atoms with van der Waals surface area (Å²) in [7, 11) is 0. The zero-order valence-electron chi connectivity index (χ0n) is 10.8. The Balaban J connectivity index is 2.16. The molecule has 0 unspecified atom stereocenters. The molecule has 3 nitrogen and oxygen atoms in total. The van der Waals surface area contributed by atoms with Crippen molar-refractivity contribution < 1.29 is 5.11 Å². The lowest BCUT2D eigenvalue weighted by Gasteiger charge is -2.33. The van der Waals surface area contributed by atoms with E-state index in [4.69, 9.17) is 0 Å². The number of aliphatic hydroxyl groups is 1. The van der Waals surface area contributed by atoms with E-state index < -0.39 is 6.10 Å². The van der Waals surface area contributed by atoms with E-state index >= 15 is 0 Å². The van der Waals surface area contributed by atoms with E-state index in [0.29, 0.717) is 0 Å². The molecule has 0 saturated heterocycles. The lowest BCUT2D eigenvalue weighted by molar-refractivity contribution is 0.199. The molecule has 0 spiro atoms. The fourth-order valence-electron chi connectivity index (χ4n) is 2.35. The van der Waals surface area contributed by atoms with Crippen LogP contribution in [0.1, 0.15) is 44.8 Å². The molecule has 0 amide bonds. The van der Waals surface area contributed by atoms with E-state index in [1.807, 2.05) is 18.3 Å². The molecule has 0 aliphatic heterocycles. The van der Waals surface area contributed by atoms with Gasteiger partial charge in [0, 0.05) is 24.8 Å². The van der Waals surface area contributed by atoms with Gasteiger partial charge in [0.1, 0.15) is 5.82 Å². The maximum atomic E-state index is 9.79. The van der Waals surface area contributed by atoms with Crippen LogP contribution in [0.25, 0.3) is 0 Å². The standard InChI is InChI=1S/C14H22N2O/c1-3-16(10-12-6-4-7-12)14-13(11(2)17)8-5-9-15-14/h5,8-9,11-12,17H,3-4,6-7,10H2,1-2H3/t11-/m1/s1. The molecule has 2 rings (SSSR count). The van der Waals surface area contributed by atoms with Crippen LogP contribution in [0, 0.1) is 5.92 Å². The Hall–Kier alpha value is -1.09. The van der Waals surface area contributed by atoms with Crippen molar-refractivity contribution in [3.05, 3.63) is 23.9 Å². The first kappa shape index (κ1) is 12.4. The maximum absolute atomic E-state index is 9.79. The number of hydrogen-bond donors (Lipinski definition) is 1. The summed E-state index contributed by atoms with van der Waals surface area (Å²) in [4.78, 5) is 6.75. The molecule has 0 aromatic carbocycles. The van der Waals surface area contributed by atoms with Crippen molar-refractivity contribution in [2.75, 3.05) is 18.0 Å². The topological polar surface area (TPSA) is 36.4 Å². The molecule has 0 radical (unpaired) electrons. The van der Waals surface area contributed by atoms with Gasteiger partial charge in [-0.15, -0.1) is 0 Å². The molecule has 1 aromatic heterocycles. The summed E-state index contributed by atoms with van der Waals surface area (Å²) in [6, 6.07) is 3.86. The first-order valence-corrected chi connectivity index (χ1v) is 6.60. The van der Waals surface area contributed by atoms with Gasteiger partial charge in [-0.3, -0.25) is 0 Å². The smallest absolute Gasteiger partial charge is 0.134 e. The number of pyridine rings is 1. The van der Waals surface area contributed by atoms with Crippen molar-refractivity contribution in [2.45, 2.75) is 39.2 Å². The monoisotopic (exact) mass is 234 g/mol. The number of nitrogens with zero attached hydrogens (tertiary/aromatic N) is 2. The Labute approximate surface area is 103 Å². The summed E-state index contributed by atoms with van der Waals surface area (Å²) in [6.07, 6.45) is 5.41. The summed E-state index contributed by atoms with van der Waals surface area (Å²) in [6.45, 7) is 5.98. The summed E-state index contributed by atoms with van der Waals surface area (Å²) < 4.78 is 0. The Morgan fingerprint density at radius 3 is 2.82 bits per heavy atom. The zero-order valence-corrected chi connectivity index (χ0v) is 10.8. The van der Waals surface area contributed by atoms with Crippen molar-refractivity contribution in [1.82, 2.24) is 4.98 Å². The van der Waals surface area contributed by atoms with Gasteiger partial charge < -0.3 is 10.0 Å². The number of aromatic nitrogens is 1. The zero-order chi connectivity index (χ0) is 12.3. The predicted octanol–water partition coefficient (Wildman–Crippen LogP) is 2.76. The molecule has 1 aliphatic carbocycles. The van der Waals surface area contributed by atoms with Crippen LogP contribution in [0.3, 0.4) is 0 Å². The fourth-order valence-corrected chi connectivity index (χ4v) is 2.35. The lowest BCUT2D eigenvalue weighted by atomic mass is 9.85. The molecular formula is C14H22N2O. The van der Waals surface area contributed by atoms with E-state index in [0.717, 1.165) is 30.4 Å². The van der Waals surface area contributed by atoms with Crippen LogP contribution >= 0.6 is 0 Å². The van der Waals surface area contributed by atoms with Gasteiger partial charge in [-0.05, 0) is 38.7 Å². The van der Waals surface area contributed by atoms with E-state index in [1.165, 1.54) is 19.3 Å². The average Bonchev–Trinajstić information content (AvgIpc) is 2.28. The van der Waals surface area contributed by atoms with E-state index in [9.17, 15) is 5.11 Å². The molecule has 1 N–H and O–H groups in total. The van der Waals surface area contributed by atoms with Gasteiger partial charge in [0.15, 0.2) is 0 Å². The quantitative estimate of drug-likeness (QED) is 0.851. The van der Waals surface area contributed by atoms with Crippen LogP contribution in [0.15, 0.2) is 18.3 Å². The Bertz CT molecular complexity index is 361. The largest absolute Gasteiger partial charge is 0.389 e. The third kappa shape index (κ3) is 2.78. The molecule has 1 atom stereocenters. The van der Waals surface area contributed by atoms with Crippen LogP contribution in [0.5, 0.6) is 0 Å². The molecule has 3 heteroatoms. The van der Waals surface area contributed by atoms with Crippen molar-refractivity contribution in [3.63, 3.8) is 0 Å². The van der Waals surface area contributed by atoms with Gasteiger partial charge in [-0.25, -0.2) is 4.98 Å². The predicted molar refractivity (Wildman–Crippen MR) is 70.1 cm³/mol. The molecular weight excluding hydrogens is 212 g/mol. The molecule has 1 fully saturated rings. The van der Waals surface area contributed by atoms with Gasteiger partial charge in [0.2, 0.25) is 0 Å². The fraction of sp³-hybridized carbons (Fsp3) is 0.643. The lowest BCUT2D eigenvalue weighted by Crippen LogP contribution is -2.33. The summed E-state index contributed by atoms with van der Waals surface area (Å²) >= 11 is 0. The third-order valence-electron chi connectivity index (χ3n) is 3.65.